The number of nitrogens with one attached hydrogen (secondary N) is 2. The van der Waals surface area contributed by atoms with E-state index in [0.29, 0.717) is 11.5 Å². The van der Waals surface area contributed by atoms with Crippen LogP contribution in [0.25, 0.3) is 11.1 Å². The third kappa shape index (κ3) is 3.45. The molecule has 3 aromatic rings. The van der Waals surface area contributed by atoms with E-state index in [-0.39, 0.29) is 18.2 Å². The highest BCUT2D eigenvalue weighted by molar-refractivity contribution is 9.10. The van der Waals surface area contributed by atoms with E-state index in [4.69, 9.17) is 0 Å². The van der Waals surface area contributed by atoms with Gasteiger partial charge in [-0.2, -0.15) is 5.10 Å². The SMILES string of the molecule is Cc1ccc(-c2c(C)nn3c2NC(=O)C3CC(=O)Nc2ccc(Br)cc2)cc1. The molecule has 2 N–H and O–H groups in total. The number of hydrogen-bond donors (Lipinski definition) is 2. The second kappa shape index (κ2) is 7.24. The molecule has 7 heteroatoms. The van der Waals surface area contributed by atoms with Crippen LogP contribution in [0.5, 0.6) is 0 Å². The third-order valence-electron chi connectivity index (χ3n) is 4.77. The molecule has 142 valence electrons. The van der Waals surface area contributed by atoms with Gasteiger partial charge in [-0.3, -0.25) is 9.59 Å². The van der Waals surface area contributed by atoms with Crippen molar-refractivity contribution in [2.24, 2.45) is 0 Å². The van der Waals surface area contributed by atoms with Crippen molar-refractivity contribution in [1.29, 1.82) is 0 Å². The third-order valence-corrected chi connectivity index (χ3v) is 5.30. The fourth-order valence-electron chi connectivity index (χ4n) is 3.37. The summed E-state index contributed by atoms with van der Waals surface area (Å²) < 4.78 is 2.56. The molecule has 0 radical (unpaired) electrons. The number of carbonyl (C=O) groups is 2. The molecule has 0 bridgehead atoms. The molecule has 2 aromatic carbocycles. The standard InChI is InChI=1S/C21H19BrN4O2/c1-12-3-5-14(6-4-12)19-13(2)25-26-17(21(28)24-20(19)26)11-18(27)23-16-9-7-15(22)8-10-16/h3-10,17H,11H2,1-2H3,(H,23,27)(H,24,28). The number of fused-ring (bicyclic) bond motifs is 1. The average molecular weight is 439 g/mol. The quantitative estimate of drug-likeness (QED) is 0.631. The summed E-state index contributed by atoms with van der Waals surface area (Å²) in [5.41, 5.74) is 4.55. The van der Waals surface area contributed by atoms with Crippen molar-refractivity contribution in [2.45, 2.75) is 26.3 Å². The Morgan fingerprint density at radius 1 is 1.14 bits per heavy atom. The van der Waals surface area contributed by atoms with Crippen molar-refractivity contribution in [3.63, 3.8) is 0 Å². The van der Waals surface area contributed by atoms with Gasteiger partial charge in [0.15, 0.2) is 0 Å². The number of amides is 2. The number of rotatable bonds is 4. The molecule has 0 saturated carbocycles. The molecule has 0 saturated heterocycles. The number of carbonyl (C=O) groups excluding carboxylic acids is 2. The number of halogens is 1. The number of benzene rings is 2. The van der Waals surface area contributed by atoms with Crippen molar-refractivity contribution >= 4 is 39.2 Å². The Labute approximate surface area is 171 Å². The van der Waals surface area contributed by atoms with Gasteiger partial charge in [-0.05, 0) is 43.7 Å². The lowest BCUT2D eigenvalue weighted by atomic mass is 10.0. The Balaban J connectivity index is 1.57. The number of nitrogens with zero attached hydrogens (tertiary/aromatic N) is 2. The monoisotopic (exact) mass is 438 g/mol. The van der Waals surface area contributed by atoms with Gasteiger partial charge in [0.05, 0.1) is 12.1 Å². The highest BCUT2D eigenvalue weighted by Gasteiger charge is 2.36. The highest BCUT2D eigenvalue weighted by Crippen LogP contribution is 2.38. The van der Waals surface area contributed by atoms with Gasteiger partial charge >= 0.3 is 0 Å². The molecular formula is C21H19BrN4O2. The molecule has 1 unspecified atom stereocenters. The van der Waals surface area contributed by atoms with Crippen LogP contribution in [0.2, 0.25) is 0 Å². The van der Waals surface area contributed by atoms with Gasteiger partial charge in [-0.1, -0.05) is 45.8 Å². The molecule has 0 spiro atoms. The maximum Gasteiger partial charge on any atom is 0.251 e. The molecule has 2 amide bonds. The Bertz CT molecular complexity index is 1060. The summed E-state index contributed by atoms with van der Waals surface area (Å²) in [6.45, 7) is 3.94. The minimum absolute atomic E-state index is 0.0172. The lowest BCUT2D eigenvalue weighted by Gasteiger charge is -2.10. The van der Waals surface area contributed by atoms with Crippen LogP contribution in [-0.4, -0.2) is 21.6 Å². The van der Waals surface area contributed by atoms with E-state index in [0.717, 1.165) is 26.9 Å². The maximum absolute atomic E-state index is 12.5. The summed E-state index contributed by atoms with van der Waals surface area (Å²) in [4.78, 5) is 25.0. The lowest BCUT2D eigenvalue weighted by Crippen LogP contribution is -2.23. The molecule has 1 aromatic heterocycles. The van der Waals surface area contributed by atoms with E-state index in [1.54, 1.807) is 16.8 Å². The summed E-state index contributed by atoms with van der Waals surface area (Å²) in [6.07, 6.45) is 0.0172. The number of hydrogen-bond acceptors (Lipinski definition) is 3. The van der Waals surface area contributed by atoms with E-state index in [1.165, 1.54) is 0 Å². The number of anilines is 2. The normalized spacial score (nSPS) is 15.2. The smallest absolute Gasteiger partial charge is 0.251 e. The van der Waals surface area contributed by atoms with Crippen LogP contribution in [0.4, 0.5) is 11.5 Å². The number of aromatic nitrogens is 2. The first-order chi connectivity index (χ1) is 13.4. The van der Waals surface area contributed by atoms with Gasteiger partial charge in [0.2, 0.25) is 5.91 Å². The summed E-state index contributed by atoms with van der Waals surface area (Å²) in [7, 11) is 0. The molecular weight excluding hydrogens is 420 g/mol. The fourth-order valence-corrected chi connectivity index (χ4v) is 3.63. The van der Waals surface area contributed by atoms with Crippen LogP contribution >= 0.6 is 15.9 Å². The summed E-state index contributed by atoms with van der Waals surface area (Å²) in [6, 6.07) is 14.7. The van der Waals surface area contributed by atoms with Crippen LogP contribution in [0, 0.1) is 13.8 Å². The molecule has 1 aliphatic rings. The van der Waals surface area contributed by atoms with Crippen molar-refractivity contribution in [3.8, 4) is 11.1 Å². The van der Waals surface area contributed by atoms with Crippen molar-refractivity contribution in [2.75, 3.05) is 10.6 Å². The highest BCUT2D eigenvalue weighted by atomic mass is 79.9. The van der Waals surface area contributed by atoms with Crippen LogP contribution in [0.3, 0.4) is 0 Å². The van der Waals surface area contributed by atoms with Crippen LogP contribution < -0.4 is 10.6 Å². The summed E-state index contributed by atoms with van der Waals surface area (Å²) in [5, 5.41) is 10.3. The van der Waals surface area contributed by atoms with Crippen molar-refractivity contribution in [1.82, 2.24) is 9.78 Å². The zero-order valence-electron chi connectivity index (χ0n) is 15.5. The predicted octanol–water partition coefficient (Wildman–Crippen LogP) is 4.45. The van der Waals surface area contributed by atoms with E-state index in [9.17, 15) is 9.59 Å². The van der Waals surface area contributed by atoms with E-state index in [2.05, 4.69) is 31.7 Å². The zero-order valence-corrected chi connectivity index (χ0v) is 17.1. The first-order valence-electron chi connectivity index (χ1n) is 8.95. The zero-order chi connectivity index (χ0) is 19.8. The Kier molecular flexibility index (Phi) is 4.77. The Hall–Kier alpha value is -2.93. The van der Waals surface area contributed by atoms with Gasteiger partial charge in [-0.15, -0.1) is 0 Å². The molecule has 6 nitrogen and oxygen atoms in total. The molecule has 1 atom stereocenters. The number of aryl methyl sites for hydroxylation is 2. The lowest BCUT2D eigenvalue weighted by molar-refractivity contribution is -0.123. The minimum atomic E-state index is -0.664. The topological polar surface area (TPSA) is 76.0 Å². The molecule has 28 heavy (non-hydrogen) atoms. The van der Waals surface area contributed by atoms with Crippen molar-refractivity contribution in [3.05, 3.63) is 64.3 Å². The van der Waals surface area contributed by atoms with Crippen LogP contribution in [-0.2, 0) is 9.59 Å². The molecule has 1 aliphatic heterocycles. The van der Waals surface area contributed by atoms with Crippen LogP contribution in [0.1, 0.15) is 23.7 Å². The molecule has 2 heterocycles. The molecule has 0 aliphatic carbocycles. The fraction of sp³-hybridized carbons (Fsp3) is 0.190. The average Bonchev–Trinajstić information content (AvgIpc) is 3.12. The Morgan fingerprint density at radius 3 is 2.50 bits per heavy atom. The van der Waals surface area contributed by atoms with Gasteiger partial charge in [0.25, 0.3) is 5.91 Å². The van der Waals surface area contributed by atoms with E-state index in [1.807, 2.05) is 50.2 Å². The largest absolute Gasteiger partial charge is 0.326 e. The van der Waals surface area contributed by atoms with Crippen molar-refractivity contribution < 1.29 is 9.59 Å². The molecule has 4 rings (SSSR count). The summed E-state index contributed by atoms with van der Waals surface area (Å²) in [5.74, 6) is 0.190. The second-order valence-corrected chi connectivity index (χ2v) is 7.80. The van der Waals surface area contributed by atoms with Crippen LogP contribution in [0.15, 0.2) is 53.0 Å². The maximum atomic E-state index is 12.5. The van der Waals surface area contributed by atoms with Gasteiger partial charge in [0, 0.05) is 15.7 Å². The van der Waals surface area contributed by atoms with E-state index < -0.39 is 6.04 Å². The second-order valence-electron chi connectivity index (χ2n) is 6.88. The molecule has 0 fully saturated rings. The Morgan fingerprint density at radius 2 is 1.82 bits per heavy atom. The van der Waals surface area contributed by atoms with Gasteiger partial charge < -0.3 is 10.6 Å². The predicted molar refractivity (Wildman–Crippen MR) is 112 cm³/mol. The first-order valence-corrected chi connectivity index (χ1v) is 9.74. The van der Waals surface area contributed by atoms with Gasteiger partial charge in [0.1, 0.15) is 11.9 Å². The van der Waals surface area contributed by atoms with E-state index >= 15 is 0 Å². The first kappa shape index (κ1) is 18.4. The summed E-state index contributed by atoms with van der Waals surface area (Å²) >= 11 is 3.36. The van der Waals surface area contributed by atoms with Gasteiger partial charge in [-0.25, -0.2) is 4.68 Å². The minimum Gasteiger partial charge on any atom is -0.326 e.